The predicted molar refractivity (Wildman–Crippen MR) is 155 cm³/mol. The van der Waals surface area contributed by atoms with E-state index in [0.717, 1.165) is 9.87 Å². The summed E-state index contributed by atoms with van der Waals surface area (Å²) in [7, 11) is -0.805. The number of sulfonamides is 1. The normalized spacial score (nSPS) is 14.8. The quantitative estimate of drug-likeness (QED) is 0.347. The fourth-order valence-corrected chi connectivity index (χ4v) is 6.04. The Morgan fingerprint density at radius 2 is 1.66 bits per heavy atom. The van der Waals surface area contributed by atoms with E-state index in [4.69, 9.17) is 10.5 Å². The maximum atomic E-state index is 13.5. The van der Waals surface area contributed by atoms with Crippen molar-refractivity contribution in [3.63, 3.8) is 0 Å². The maximum Gasteiger partial charge on any atom is 0.249 e. The Kier molecular flexibility index (Phi) is 9.25. The van der Waals surface area contributed by atoms with Crippen LogP contribution in [0.25, 0.3) is 0 Å². The molecule has 1 heterocycles. The van der Waals surface area contributed by atoms with E-state index in [1.54, 1.807) is 50.6 Å². The molecule has 12 heteroatoms. The zero-order chi connectivity index (χ0) is 29.6. The van der Waals surface area contributed by atoms with Gasteiger partial charge >= 0.3 is 0 Å². The van der Waals surface area contributed by atoms with E-state index in [1.807, 2.05) is 30.3 Å². The molecule has 3 aromatic carbocycles. The van der Waals surface area contributed by atoms with E-state index < -0.39 is 34.4 Å². The Hall–Kier alpha value is -4.42. The van der Waals surface area contributed by atoms with Gasteiger partial charge in [-0.3, -0.25) is 14.4 Å². The number of para-hydroxylation sites is 1. The summed E-state index contributed by atoms with van der Waals surface area (Å²) in [6, 6.07) is 21.4. The molecule has 41 heavy (non-hydrogen) atoms. The van der Waals surface area contributed by atoms with Crippen LogP contribution in [0.15, 0.2) is 83.8 Å². The molecule has 0 saturated carbocycles. The number of piperazine rings is 1. The number of methoxy groups -OCH3 is 1. The van der Waals surface area contributed by atoms with Gasteiger partial charge < -0.3 is 25.6 Å². The molecule has 0 aliphatic carbocycles. The van der Waals surface area contributed by atoms with Gasteiger partial charge in [0.25, 0.3) is 0 Å². The van der Waals surface area contributed by atoms with Crippen molar-refractivity contribution < 1.29 is 27.5 Å². The number of benzene rings is 3. The van der Waals surface area contributed by atoms with Crippen molar-refractivity contribution in [1.29, 1.82) is 0 Å². The minimum Gasteiger partial charge on any atom is -0.497 e. The lowest BCUT2D eigenvalue weighted by Crippen LogP contribution is -2.56. The first-order valence-electron chi connectivity index (χ1n) is 13.0. The van der Waals surface area contributed by atoms with Crippen molar-refractivity contribution in [2.45, 2.75) is 17.4 Å². The Labute approximate surface area is 239 Å². The molecule has 0 bridgehead atoms. The topological polar surface area (TPSA) is 142 Å². The van der Waals surface area contributed by atoms with Crippen molar-refractivity contribution in [3.8, 4) is 5.75 Å². The van der Waals surface area contributed by atoms with Crippen LogP contribution < -0.4 is 20.7 Å². The van der Waals surface area contributed by atoms with Crippen LogP contribution in [0.5, 0.6) is 5.75 Å². The van der Waals surface area contributed by atoms with E-state index in [-0.39, 0.29) is 42.5 Å². The van der Waals surface area contributed by atoms with Crippen molar-refractivity contribution in [3.05, 3.63) is 84.4 Å². The third kappa shape index (κ3) is 7.02. The van der Waals surface area contributed by atoms with E-state index in [2.05, 4.69) is 5.32 Å². The van der Waals surface area contributed by atoms with Gasteiger partial charge in [0.2, 0.25) is 27.7 Å². The molecule has 0 spiro atoms. The molecule has 3 N–H and O–H groups in total. The number of carbonyl (C=O) groups is 3. The second-order valence-electron chi connectivity index (χ2n) is 9.60. The smallest absolute Gasteiger partial charge is 0.249 e. The summed E-state index contributed by atoms with van der Waals surface area (Å²) in [6.45, 7) is -0.717. The van der Waals surface area contributed by atoms with Crippen LogP contribution in [-0.4, -0.2) is 81.7 Å². The van der Waals surface area contributed by atoms with E-state index in [1.165, 1.54) is 21.9 Å². The van der Waals surface area contributed by atoms with Crippen molar-refractivity contribution in [2.24, 2.45) is 0 Å². The van der Waals surface area contributed by atoms with Gasteiger partial charge in [-0.1, -0.05) is 42.5 Å². The zero-order valence-corrected chi connectivity index (χ0v) is 23.7. The molecule has 0 radical (unpaired) electrons. The van der Waals surface area contributed by atoms with Gasteiger partial charge in [-0.05, 0) is 42.0 Å². The number of nitrogens with one attached hydrogen (secondary N) is 1. The molecule has 1 aliphatic heterocycles. The summed E-state index contributed by atoms with van der Waals surface area (Å²) in [4.78, 5) is 42.2. The lowest BCUT2D eigenvalue weighted by molar-refractivity contribution is -0.139. The highest BCUT2D eigenvalue weighted by molar-refractivity contribution is 7.89. The Bertz CT molecular complexity index is 1500. The summed E-state index contributed by atoms with van der Waals surface area (Å²) in [6.07, 6.45) is 0.240. The molecule has 1 fully saturated rings. The number of hydrogen-bond donors (Lipinski definition) is 2. The Morgan fingerprint density at radius 1 is 1.00 bits per heavy atom. The number of nitrogen functional groups attached to an aromatic ring is 1. The van der Waals surface area contributed by atoms with E-state index in [9.17, 15) is 22.8 Å². The zero-order valence-electron chi connectivity index (χ0n) is 22.9. The average Bonchev–Trinajstić information content (AvgIpc) is 2.97. The summed E-state index contributed by atoms with van der Waals surface area (Å²) >= 11 is 0. The van der Waals surface area contributed by atoms with Crippen LogP contribution in [0.3, 0.4) is 0 Å². The van der Waals surface area contributed by atoms with Crippen LogP contribution >= 0.6 is 0 Å². The average molecular weight is 580 g/mol. The first kappa shape index (κ1) is 29.6. The van der Waals surface area contributed by atoms with Crippen molar-refractivity contribution in [1.82, 2.24) is 14.5 Å². The number of rotatable bonds is 10. The van der Waals surface area contributed by atoms with Gasteiger partial charge in [0.1, 0.15) is 16.7 Å². The number of nitrogens with zero attached hydrogens (tertiary/aromatic N) is 3. The number of likely N-dealkylation sites (N-methyl/N-ethyl adjacent to an activating group) is 1. The number of carbonyl (C=O) groups excluding carboxylic acids is 3. The number of nitrogens with two attached hydrogens (primary N) is 1. The number of anilines is 2. The highest BCUT2D eigenvalue weighted by atomic mass is 32.2. The molecule has 3 amide bonds. The van der Waals surface area contributed by atoms with Crippen LogP contribution in [0.4, 0.5) is 11.4 Å². The molecule has 1 saturated heterocycles. The molecule has 11 nitrogen and oxygen atoms in total. The first-order chi connectivity index (χ1) is 19.6. The molecule has 0 unspecified atom stereocenters. The largest absolute Gasteiger partial charge is 0.497 e. The number of ether oxygens (including phenoxy) is 1. The van der Waals surface area contributed by atoms with Gasteiger partial charge in [0, 0.05) is 32.2 Å². The van der Waals surface area contributed by atoms with Crippen molar-refractivity contribution in [2.75, 3.05) is 51.0 Å². The van der Waals surface area contributed by atoms with Crippen LogP contribution in [-0.2, 0) is 30.8 Å². The molecule has 1 aliphatic rings. The highest BCUT2D eigenvalue weighted by Crippen LogP contribution is 2.23. The monoisotopic (exact) mass is 579 g/mol. The second-order valence-corrected chi connectivity index (χ2v) is 11.5. The van der Waals surface area contributed by atoms with Crippen LogP contribution in [0, 0.1) is 0 Å². The SMILES string of the molecule is COc1ccc(N(C)C(=O)[C@H](Cc2ccccc2)NC(=O)CN2CCN(S(=O)(=O)c3ccccc3N)CC2=O)cc1. The fraction of sp³-hybridized carbons (Fsp3) is 0.276. The standard InChI is InChI=1S/C29H33N5O6S/c1-32(22-12-14-23(40-2)15-13-22)29(37)25(18-21-8-4-3-5-9-21)31-27(35)19-33-16-17-34(20-28(33)36)41(38,39)26-11-7-6-10-24(26)30/h3-15,25H,16-20,30H2,1-2H3,(H,31,35)/t25-/m0/s1. The van der Waals surface area contributed by atoms with E-state index >= 15 is 0 Å². The molecular formula is C29H33N5O6S. The maximum absolute atomic E-state index is 13.5. The minimum absolute atomic E-state index is 0.00225. The van der Waals surface area contributed by atoms with Gasteiger partial charge in [-0.2, -0.15) is 4.31 Å². The first-order valence-corrected chi connectivity index (χ1v) is 14.4. The second kappa shape index (κ2) is 12.8. The fourth-order valence-electron chi connectivity index (χ4n) is 4.54. The predicted octanol–water partition coefficient (Wildman–Crippen LogP) is 1.50. The molecule has 4 rings (SSSR count). The highest BCUT2D eigenvalue weighted by Gasteiger charge is 2.35. The molecule has 0 aromatic heterocycles. The lowest BCUT2D eigenvalue weighted by atomic mass is 10.0. The molecule has 3 aromatic rings. The van der Waals surface area contributed by atoms with Gasteiger partial charge in [-0.25, -0.2) is 8.42 Å². The van der Waals surface area contributed by atoms with Crippen molar-refractivity contribution >= 4 is 39.1 Å². The van der Waals surface area contributed by atoms with E-state index in [0.29, 0.717) is 11.4 Å². The number of amides is 3. The van der Waals surface area contributed by atoms with Gasteiger partial charge in [0.05, 0.1) is 25.9 Å². The van der Waals surface area contributed by atoms with Crippen LogP contribution in [0.1, 0.15) is 5.56 Å². The molecule has 1 atom stereocenters. The molecular weight excluding hydrogens is 546 g/mol. The third-order valence-corrected chi connectivity index (χ3v) is 8.78. The van der Waals surface area contributed by atoms with Gasteiger partial charge in [0.15, 0.2) is 0 Å². The number of hydrogen-bond acceptors (Lipinski definition) is 7. The summed E-state index contributed by atoms with van der Waals surface area (Å²) in [5.74, 6) is -0.742. The summed E-state index contributed by atoms with van der Waals surface area (Å²) < 4.78 is 32.3. The Morgan fingerprint density at radius 3 is 2.29 bits per heavy atom. The summed E-state index contributed by atoms with van der Waals surface area (Å²) in [5.41, 5.74) is 7.41. The lowest BCUT2D eigenvalue weighted by Gasteiger charge is -2.33. The van der Waals surface area contributed by atoms with Gasteiger partial charge in [-0.15, -0.1) is 0 Å². The third-order valence-electron chi connectivity index (χ3n) is 6.86. The minimum atomic E-state index is -3.98. The van der Waals surface area contributed by atoms with Crippen LogP contribution in [0.2, 0.25) is 0 Å². The summed E-state index contributed by atoms with van der Waals surface area (Å²) in [5, 5.41) is 2.78. The molecule has 216 valence electrons. The Balaban J connectivity index is 1.43.